The number of ketones is 1. The van der Waals surface area contributed by atoms with Gasteiger partial charge in [0.2, 0.25) is 0 Å². The van der Waals surface area contributed by atoms with Crippen molar-refractivity contribution in [2.75, 3.05) is 5.75 Å². The number of thioether (sulfide) groups is 1. The predicted octanol–water partition coefficient (Wildman–Crippen LogP) is 3.61. The number of hydrogen-bond acceptors (Lipinski definition) is 8. The number of thiazole rings is 1. The Morgan fingerprint density at radius 3 is 2.92 bits per heavy atom. The standard InChI is InChI=1S/C16H11FN4O2S2/c1-9-7-24-15(19-9)11(6-18)13(22)8-25-16-21-20-14(23-16)10-4-2-3-5-12(10)17/h2-5,7,11H,8H2,1H3/t11-/m0/s1. The maximum absolute atomic E-state index is 13.7. The summed E-state index contributed by atoms with van der Waals surface area (Å²) in [6.07, 6.45) is 0. The zero-order valence-electron chi connectivity index (χ0n) is 13.0. The van der Waals surface area contributed by atoms with E-state index >= 15 is 0 Å². The van der Waals surface area contributed by atoms with Gasteiger partial charge in [0.25, 0.3) is 11.1 Å². The van der Waals surface area contributed by atoms with Gasteiger partial charge in [-0.1, -0.05) is 23.9 Å². The van der Waals surface area contributed by atoms with Crippen LogP contribution in [0.25, 0.3) is 11.5 Å². The summed E-state index contributed by atoms with van der Waals surface area (Å²) < 4.78 is 19.1. The van der Waals surface area contributed by atoms with Crippen LogP contribution in [0, 0.1) is 24.1 Å². The number of Topliss-reactive ketones (excluding diaryl/α,β-unsaturated/α-hetero) is 1. The average molecular weight is 374 g/mol. The summed E-state index contributed by atoms with van der Waals surface area (Å²) in [5.74, 6) is -1.66. The average Bonchev–Trinajstić information content (AvgIpc) is 3.23. The highest BCUT2D eigenvalue weighted by atomic mass is 32.2. The minimum Gasteiger partial charge on any atom is -0.411 e. The van der Waals surface area contributed by atoms with Gasteiger partial charge in [0.15, 0.2) is 11.7 Å². The Bertz CT molecular complexity index is 948. The quantitative estimate of drug-likeness (QED) is 0.609. The van der Waals surface area contributed by atoms with Crippen LogP contribution in [0.4, 0.5) is 4.39 Å². The molecule has 3 aromatic rings. The molecule has 126 valence electrons. The molecule has 0 radical (unpaired) electrons. The van der Waals surface area contributed by atoms with Gasteiger partial charge in [-0.2, -0.15) is 5.26 Å². The van der Waals surface area contributed by atoms with E-state index in [1.807, 2.05) is 6.07 Å². The normalized spacial score (nSPS) is 11.9. The fraction of sp³-hybridized carbons (Fsp3) is 0.188. The Labute approximate surface area is 150 Å². The maximum atomic E-state index is 13.7. The number of carbonyl (C=O) groups excluding carboxylic acids is 1. The van der Waals surface area contributed by atoms with Crippen molar-refractivity contribution in [3.05, 3.63) is 46.2 Å². The maximum Gasteiger partial charge on any atom is 0.277 e. The fourth-order valence-electron chi connectivity index (χ4n) is 2.00. The minimum absolute atomic E-state index is 0.0181. The molecule has 0 aliphatic heterocycles. The van der Waals surface area contributed by atoms with E-state index in [9.17, 15) is 14.4 Å². The van der Waals surface area contributed by atoms with Crippen molar-refractivity contribution >= 4 is 28.9 Å². The Morgan fingerprint density at radius 2 is 2.24 bits per heavy atom. The number of hydrogen-bond donors (Lipinski definition) is 0. The number of nitrogens with zero attached hydrogens (tertiary/aromatic N) is 4. The molecule has 3 rings (SSSR count). The number of aryl methyl sites for hydroxylation is 1. The summed E-state index contributed by atoms with van der Waals surface area (Å²) in [5.41, 5.74) is 0.966. The molecule has 1 aromatic carbocycles. The van der Waals surface area contributed by atoms with E-state index in [1.165, 1.54) is 23.5 Å². The first kappa shape index (κ1) is 17.3. The van der Waals surface area contributed by atoms with E-state index < -0.39 is 11.7 Å². The number of benzene rings is 1. The molecule has 0 N–H and O–H groups in total. The first-order valence-electron chi connectivity index (χ1n) is 7.14. The summed E-state index contributed by atoms with van der Waals surface area (Å²) in [7, 11) is 0. The zero-order valence-corrected chi connectivity index (χ0v) is 14.6. The number of rotatable bonds is 6. The number of halogens is 1. The summed E-state index contributed by atoms with van der Waals surface area (Å²) >= 11 is 2.29. The van der Waals surface area contributed by atoms with Gasteiger partial charge in [-0.3, -0.25) is 4.79 Å². The molecular formula is C16H11FN4O2S2. The van der Waals surface area contributed by atoms with Crippen LogP contribution in [-0.2, 0) is 4.79 Å². The van der Waals surface area contributed by atoms with Crippen molar-refractivity contribution in [3.63, 3.8) is 0 Å². The van der Waals surface area contributed by atoms with Crippen LogP contribution in [0.15, 0.2) is 39.3 Å². The van der Waals surface area contributed by atoms with Crippen LogP contribution in [0.3, 0.4) is 0 Å². The molecule has 2 heterocycles. The van der Waals surface area contributed by atoms with Crippen LogP contribution in [-0.4, -0.2) is 26.7 Å². The molecule has 9 heteroatoms. The Kier molecular flexibility index (Phi) is 5.21. The van der Waals surface area contributed by atoms with Crippen molar-refractivity contribution in [2.24, 2.45) is 0 Å². The van der Waals surface area contributed by atoms with Gasteiger partial charge in [-0.15, -0.1) is 21.5 Å². The summed E-state index contributed by atoms with van der Waals surface area (Å²) in [6.45, 7) is 1.80. The van der Waals surface area contributed by atoms with E-state index in [0.29, 0.717) is 5.01 Å². The van der Waals surface area contributed by atoms with E-state index in [0.717, 1.165) is 17.5 Å². The Morgan fingerprint density at radius 1 is 1.44 bits per heavy atom. The third-order valence-electron chi connectivity index (χ3n) is 3.18. The second-order valence-corrected chi connectivity index (χ2v) is 6.81. The molecule has 0 aliphatic carbocycles. The van der Waals surface area contributed by atoms with Gasteiger partial charge in [0.1, 0.15) is 10.8 Å². The number of aromatic nitrogens is 3. The van der Waals surface area contributed by atoms with Crippen molar-refractivity contribution in [3.8, 4) is 17.5 Å². The van der Waals surface area contributed by atoms with Gasteiger partial charge in [0, 0.05) is 11.1 Å². The lowest BCUT2D eigenvalue weighted by atomic mass is 10.1. The molecule has 0 amide bonds. The molecule has 0 spiro atoms. The highest BCUT2D eigenvalue weighted by Gasteiger charge is 2.24. The van der Waals surface area contributed by atoms with Crippen molar-refractivity contribution in [1.29, 1.82) is 5.26 Å². The number of nitriles is 1. The van der Waals surface area contributed by atoms with E-state index in [4.69, 9.17) is 4.42 Å². The van der Waals surface area contributed by atoms with Gasteiger partial charge < -0.3 is 4.42 Å². The third kappa shape index (κ3) is 3.92. The molecule has 6 nitrogen and oxygen atoms in total. The first-order chi connectivity index (χ1) is 12.1. The molecule has 25 heavy (non-hydrogen) atoms. The topological polar surface area (TPSA) is 92.7 Å². The molecular weight excluding hydrogens is 363 g/mol. The summed E-state index contributed by atoms with van der Waals surface area (Å²) in [5, 5.41) is 19.2. The first-order valence-corrected chi connectivity index (χ1v) is 9.00. The predicted molar refractivity (Wildman–Crippen MR) is 90.6 cm³/mol. The molecule has 1 atom stereocenters. The lowest BCUT2D eigenvalue weighted by molar-refractivity contribution is -0.116. The lowest BCUT2D eigenvalue weighted by Gasteiger charge is -2.03. The largest absolute Gasteiger partial charge is 0.411 e. The van der Waals surface area contributed by atoms with Gasteiger partial charge in [0.05, 0.1) is 17.4 Å². The number of carbonyl (C=O) groups is 1. The molecule has 0 unspecified atom stereocenters. The van der Waals surface area contributed by atoms with E-state index in [1.54, 1.807) is 24.4 Å². The summed E-state index contributed by atoms with van der Waals surface area (Å²) in [4.78, 5) is 16.4. The van der Waals surface area contributed by atoms with E-state index in [-0.39, 0.29) is 28.2 Å². The second-order valence-electron chi connectivity index (χ2n) is 5.00. The van der Waals surface area contributed by atoms with Crippen molar-refractivity contribution in [2.45, 2.75) is 18.1 Å². The molecule has 0 saturated heterocycles. The van der Waals surface area contributed by atoms with Crippen LogP contribution in [0.5, 0.6) is 0 Å². The highest BCUT2D eigenvalue weighted by molar-refractivity contribution is 7.99. The fourth-order valence-corrected chi connectivity index (χ4v) is 3.53. The minimum atomic E-state index is -0.917. The summed E-state index contributed by atoms with van der Waals surface area (Å²) in [6, 6.07) is 8.02. The van der Waals surface area contributed by atoms with Crippen LogP contribution >= 0.6 is 23.1 Å². The van der Waals surface area contributed by atoms with Crippen LogP contribution < -0.4 is 0 Å². The third-order valence-corrected chi connectivity index (χ3v) is 5.05. The van der Waals surface area contributed by atoms with E-state index in [2.05, 4.69) is 15.2 Å². The zero-order chi connectivity index (χ0) is 17.8. The molecule has 0 aliphatic rings. The highest BCUT2D eigenvalue weighted by Crippen LogP contribution is 2.27. The van der Waals surface area contributed by atoms with Gasteiger partial charge in [-0.05, 0) is 19.1 Å². The SMILES string of the molecule is Cc1csc([C@@H](C#N)C(=O)CSc2nnc(-c3ccccc3F)o2)n1. The smallest absolute Gasteiger partial charge is 0.277 e. The lowest BCUT2D eigenvalue weighted by Crippen LogP contribution is -2.13. The molecule has 0 bridgehead atoms. The molecule has 0 fully saturated rings. The van der Waals surface area contributed by atoms with Crippen molar-refractivity contribution < 1.29 is 13.6 Å². The monoisotopic (exact) mass is 374 g/mol. The Hall–Kier alpha value is -2.57. The Balaban J connectivity index is 1.67. The van der Waals surface area contributed by atoms with Crippen LogP contribution in [0.1, 0.15) is 16.6 Å². The van der Waals surface area contributed by atoms with Gasteiger partial charge >= 0.3 is 0 Å². The van der Waals surface area contributed by atoms with Crippen molar-refractivity contribution in [1.82, 2.24) is 15.2 Å². The van der Waals surface area contributed by atoms with Gasteiger partial charge in [-0.25, -0.2) is 9.37 Å². The second kappa shape index (κ2) is 7.55. The molecule has 2 aromatic heterocycles. The molecule has 0 saturated carbocycles. The van der Waals surface area contributed by atoms with Crippen LogP contribution in [0.2, 0.25) is 0 Å².